The lowest BCUT2D eigenvalue weighted by Gasteiger charge is -2.04. The van der Waals surface area contributed by atoms with Crippen LogP contribution in [0, 0.1) is 18.3 Å². The SMILES string of the molecule is Cc1nn(Cc2ccc(Cl)cc2)c2sc(C(=O)OCC(=O)NCCC#N)cc12. The maximum Gasteiger partial charge on any atom is 0.348 e. The molecule has 0 fully saturated rings. The third kappa shape index (κ3) is 4.68. The molecule has 0 bridgehead atoms. The Kier molecular flexibility index (Phi) is 6.29. The van der Waals surface area contributed by atoms with Crippen LogP contribution in [0.1, 0.15) is 27.3 Å². The van der Waals surface area contributed by atoms with Crippen LogP contribution in [0.15, 0.2) is 30.3 Å². The van der Waals surface area contributed by atoms with E-state index in [0.717, 1.165) is 21.5 Å². The van der Waals surface area contributed by atoms with Gasteiger partial charge in [-0.05, 0) is 30.7 Å². The molecular formula is C19H17ClN4O3S. The van der Waals surface area contributed by atoms with Crippen molar-refractivity contribution in [1.82, 2.24) is 15.1 Å². The highest BCUT2D eigenvalue weighted by atomic mass is 35.5. The van der Waals surface area contributed by atoms with E-state index in [2.05, 4.69) is 10.4 Å². The van der Waals surface area contributed by atoms with Crippen molar-refractivity contribution in [3.8, 4) is 6.07 Å². The number of halogens is 1. The van der Waals surface area contributed by atoms with Gasteiger partial charge >= 0.3 is 5.97 Å². The summed E-state index contributed by atoms with van der Waals surface area (Å²) in [5, 5.41) is 17.0. The van der Waals surface area contributed by atoms with Crippen molar-refractivity contribution in [2.75, 3.05) is 13.2 Å². The molecule has 2 aromatic heterocycles. The Balaban J connectivity index is 1.70. The first-order chi connectivity index (χ1) is 13.5. The summed E-state index contributed by atoms with van der Waals surface area (Å²) in [5.41, 5.74) is 1.86. The average molecular weight is 417 g/mol. The quantitative estimate of drug-likeness (QED) is 0.470. The van der Waals surface area contributed by atoms with E-state index in [1.54, 1.807) is 6.07 Å². The van der Waals surface area contributed by atoms with Gasteiger partial charge in [-0.15, -0.1) is 11.3 Å². The number of carbonyl (C=O) groups is 2. The molecule has 9 heteroatoms. The molecule has 1 amide bonds. The van der Waals surface area contributed by atoms with Gasteiger partial charge in [0, 0.05) is 17.0 Å². The Hall–Kier alpha value is -2.89. The number of esters is 1. The number of fused-ring (bicyclic) bond motifs is 1. The van der Waals surface area contributed by atoms with E-state index in [-0.39, 0.29) is 19.6 Å². The van der Waals surface area contributed by atoms with Gasteiger partial charge in [-0.1, -0.05) is 23.7 Å². The molecule has 0 saturated carbocycles. The van der Waals surface area contributed by atoms with Crippen molar-refractivity contribution in [3.05, 3.63) is 51.5 Å². The van der Waals surface area contributed by atoms with Gasteiger partial charge in [0.05, 0.1) is 24.7 Å². The molecule has 0 radical (unpaired) electrons. The average Bonchev–Trinajstić information content (AvgIpc) is 3.23. The predicted octanol–water partition coefficient (Wildman–Crippen LogP) is 3.29. The fourth-order valence-corrected chi connectivity index (χ4v) is 3.77. The molecule has 28 heavy (non-hydrogen) atoms. The van der Waals surface area contributed by atoms with Crippen LogP contribution in [0.2, 0.25) is 5.02 Å². The zero-order valence-electron chi connectivity index (χ0n) is 15.1. The standard InChI is InChI=1S/C19H17ClN4O3S/c1-12-15-9-16(19(26)27-11-17(25)22-8-2-7-21)28-18(15)24(23-12)10-13-3-5-14(20)6-4-13/h3-6,9H,2,8,10-11H2,1H3,(H,22,25). The smallest absolute Gasteiger partial charge is 0.348 e. The molecule has 0 unspecified atom stereocenters. The van der Waals surface area contributed by atoms with Crippen molar-refractivity contribution in [1.29, 1.82) is 5.26 Å². The zero-order chi connectivity index (χ0) is 20.1. The van der Waals surface area contributed by atoms with E-state index in [0.29, 0.717) is 16.4 Å². The predicted molar refractivity (Wildman–Crippen MR) is 106 cm³/mol. The van der Waals surface area contributed by atoms with Gasteiger partial charge < -0.3 is 10.1 Å². The number of aromatic nitrogens is 2. The third-order valence-electron chi connectivity index (χ3n) is 3.95. The minimum Gasteiger partial charge on any atom is -0.451 e. The molecule has 0 aliphatic carbocycles. The highest BCUT2D eigenvalue weighted by Gasteiger charge is 2.18. The lowest BCUT2D eigenvalue weighted by atomic mass is 10.2. The summed E-state index contributed by atoms with van der Waals surface area (Å²) >= 11 is 7.20. The van der Waals surface area contributed by atoms with Crippen molar-refractivity contribution in [2.24, 2.45) is 0 Å². The molecular weight excluding hydrogens is 400 g/mol. The number of nitrogens with one attached hydrogen (secondary N) is 1. The Morgan fingerprint density at radius 1 is 1.36 bits per heavy atom. The van der Waals surface area contributed by atoms with Crippen molar-refractivity contribution < 1.29 is 14.3 Å². The van der Waals surface area contributed by atoms with Gasteiger partial charge in [-0.2, -0.15) is 10.4 Å². The van der Waals surface area contributed by atoms with Crippen molar-refractivity contribution >= 4 is 45.0 Å². The Morgan fingerprint density at radius 3 is 2.82 bits per heavy atom. The fourth-order valence-electron chi connectivity index (χ4n) is 2.59. The highest BCUT2D eigenvalue weighted by molar-refractivity contribution is 7.20. The van der Waals surface area contributed by atoms with Gasteiger partial charge in [0.2, 0.25) is 0 Å². The van der Waals surface area contributed by atoms with E-state index in [9.17, 15) is 9.59 Å². The van der Waals surface area contributed by atoms with Gasteiger partial charge in [0.15, 0.2) is 6.61 Å². The van der Waals surface area contributed by atoms with E-state index in [4.69, 9.17) is 21.6 Å². The lowest BCUT2D eigenvalue weighted by molar-refractivity contribution is -0.124. The third-order valence-corrected chi connectivity index (χ3v) is 5.33. The van der Waals surface area contributed by atoms with Crippen molar-refractivity contribution in [3.63, 3.8) is 0 Å². The maximum atomic E-state index is 12.3. The summed E-state index contributed by atoms with van der Waals surface area (Å²) in [4.78, 5) is 25.1. The van der Waals surface area contributed by atoms with E-state index >= 15 is 0 Å². The normalized spacial score (nSPS) is 10.6. The molecule has 1 aromatic carbocycles. The highest BCUT2D eigenvalue weighted by Crippen LogP contribution is 2.29. The van der Waals surface area contributed by atoms with Crippen LogP contribution in [0.5, 0.6) is 0 Å². The fraction of sp³-hybridized carbons (Fsp3) is 0.263. The number of ether oxygens (including phenoxy) is 1. The van der Waals surface area contributed by atoms with Crippen LogP contribution in [-0.2, 0) is 16.1 Å². The number of hydrogen-bond acceptors (Lipinski definition) is 6. The van der Waals surface area contributed by atoms with Gasteiger partial charge in [-0.25, -0.2) is 4.79 Å². The molecule has 3 aromatic rings. The van der Waals surface area contributed by atoms with Gasteiger partial charge in [-0.3, -0.25) is 9.48 Å². The van der Waals surface area contributed by atoms with Crippen LogP contribution in [0.4, 0.5) is 0 Å². The van der Waals surface area contributed by atoms with Crippen LogP contribution < -0.4 is 5.32 Å². The summed E-state index contributed by atoms with van der Waals surface area (Å²) in [6.45, 7) is 2.28. The minimum absolute atomic E-state index is 0.208. The Bertz CT molecular complexity index is 1050. The maximum absolute atomic E-state index is 12.3. The molecule has 2 heterocycles. The second-order valence-corrected chi connectivity index (χ2v) is 7.50. The summed E-state index contributed by atoms with van der Waals surface area (Å²) < 4.78 is 6.90. The molecule has 0 aliphatic rings. The van der Waals surface area contributed by atoms with Crippen LogP contribution in [0.3, 0.4) is 0 Å². The summed E-state index contributed by atoms with van der Waals surface area (Å²) in [7, 11) is 0. The largest absolute Gasteiger partial charge is 0.451 e. The summed E-state index contributed by atoms with van der Waals surface area (Å²) in [6.07, 6.45) is 0.208. The van der Waals surface area contributed by atoms with E-state index < -0.39 is 11.9 Å². The zero-order valence-corrected chi connectivity index (χ0v) is 16.6. The molecule has 0 spiro atoms. The number of thiophene rings is 1. The number of amides is 1. The second-order valence-electron chi connectivity index (χ2n) is 6.03. The summed E-state index contributed by atoms with van der Waals surface area (Å²) in [6, 6.07) is 11.2. The molecule has 0 aliphatic heterocycles. The molecule has 7 nitrogen and oxygen atoms in total. The number of hydrogen-bond donors (Lipinski definition) is 1. The molecule has 3 rings (SSSR count). The van der Waals surface area contributed by atoms with Crippen LogP contribution in [-0.4, -0.2) is 34.8 Å². The number of nitriles is 1. The number of aryl methyl sites for hydroxylation is 1. The Labute approximate surface area is 170 Å². The minimum atomic E-state index is -0.561. The first-order valence-electron chi connectivity index (χ1n) is 8.50. The molecule has 1 N–H and O–H groups in total. The number of nitrogens with zero attached hydrogens (tertiary/aromatic N) is 3. The van der Waals surface area contributed by atoms with E-state index in [1.165, 1.54) is 11.3 Å². The van der Waals surface area contributed by atoms with Crippen molar-refractivity contribution in [2.45, 2.75) is 19.9 Å². The first kappa shape index (κ1) is 19.9. The Morgan fingerprint density at radius 2 is 2.11 bits per heavy atom. The van der Waals surface area contributed by atoms with Gasteiger partial charge in [0.25, 0.3) is 5.91 Å². The molecule has 0 saturated heterocycles. The lowest BCUT2D eigenvalue weighted by Crippen LogP contribution is -2.29. The number of carbonyl (C=O) groups excluding carboxylic acids is 2. The first-order valence-corrected chi connectivity index (χ1v) is 9.69. The van der Waals surface area contributed by atoms with Crippen LogP contribution in [0.25, 0.3) is 10.2 Å². The summed E-state index contributed by atoms with van der Waals surface area (Å²) in [5.74, 6) is -0.996. The molecule has 0 atom stereocenters. The number of benzene rings is 1. The number of rotatable bonds is 7. The molecule has 144 valence electrons. The topological polar surface area (TPSA) is 97.0 Å². The van der Waals surface area contributed by atoms with Gasteiger partial charge in [0.1, 0.15) is 9.71 Å². The van der Waals surface area contributed by atoms with E-state index in [1.807, 2.05) is 41.9 Å². The second kappa shape index (κ2) is 8.87. The monoisotopic (exact) mass is 416 g/mol. The van der Waals surface area contributed by atoms with Crippen LogP contribution >= 0.6 is 22.9 Å².